The van der Waals surface area contributed by atoms with Gasteiger partial charge in [0.1, 0.15) is 11.1 Å². The van der Waals surface area contributed by atoms with Crippen LogP contribution in [0.1, 0.15) is 23.0 Å². The number of aromatic nitrogens is 1. The van der Waals surface area contributed by atoms with E-state index in [0.717, 1.165) is 0 Å². The molecular formula is C16H16N2O3. The molecule has 1 atom stereocenters. The van der Waals surface area contributed by atoms with Crippen LogP contribution in [-0.4, -0.2) is 28.5 Å². The van der Waals surface area contributed by atoms with E-state index in [-0.39, 0.29) is 18.1 Å². The monoisotopic (exact) mass is 284 g/mol. The lowest BCUT2D eigenvalue weighted by molar-refractivity contribution is -0.142. The first-order valence-corrected chi connectivity index (χ1v) is 6.52. The van der Waals surface area contributed by atoms with Crippen LogP contribution in [0.15, 0.2) is 54.7 Å². The molecule has 0 aliphatic heterocycles. The van der Waals surface area contributed by atoms with Gasteiger partial charge in [-0.1, -0.05) is 36.4 Å². The largest absolute Gasteiger partial charge is 0.481 e. The van der Waals surface area contributed by atoms with Crippen LogP contribution in [0.3, 0.4) is 0 Å². The molecule has 0 aliphatic carbocycles. The molecule has 1 aromatic carbocycles. The zero-order valence-electron chi connectivity index (χ0n) is 11.6. The van der Waals surface area contributed by atoms with E-state index < -0.39 is 11.4 Å². The van der Waals surface area contributed by atoms with E-state index in [1.54, 1.807) is 49.4 Å². The normalized spacial score (nSPS) is 13.2. The number of carboxylic acids is 1. The highest BCUT2D eigenvalue weighted by molar-refractivity contribution is 5.93. The third-order valence-corrected chi connectivity index (χ3v) is 3.38. The van der Waals surface area contributed by atoms with Crippen LogP contribution < -0.4 is 5.32 Å². The van der Waals surface area contributed by atoms with E-state index in [1.807, 2.05) is 6.07 Å². The Morgan fingerprint density at radius 1 is 1.14 bits per heavy atom. The maximum atomic E-state index is 12.0. The number of benzene rings is 1. The van der Waals surface area contributed by atoms with Crippen molar-refractivity contribution in [1.82, 2.24) is 10.3 Å². The van der Waals surface area contributed by atoms with Crippen LogP contribution in [0.5, 0.6) is 0 Å². The van der Waals surface area contributed by atoms with Gasteiger partial charge in [-0.2, -0.15) is 0 Å². The van der Waals surface area contributed by atoms with Gasteiger partial charge >= 0.3 is 5.97 Å². The van der Waals surface area contributed by atoms with Crippen molar-refractivity contribution in [3.8, 4) is 0 Å². The number of hydrogen-bond donors (Lipinski definition) is 2. The maximum absolute atomic E-state index is 12.0. The second kappa shape index (κ2) is 6.17. The predicted octanol–water partition coefficient (Wildman–Crippen LogP) is 1.85. The summed E-state index contributed by atoms with van der Waals surface area (Å²) < 4.78 is 0. The number of carbonyl (C=O) groups excluding carboxylic acids is 1. The molecule has 2 aromatic rings. The standard InChI is InChI=1S/C16H16N2O3/c1-16(15(20)21,12-7-3-2-4-8-12)11-18-14(19)13-9-5-6-10-17-13/h2-10H,11H2,1H3,(H,18,19)(H,20,21). The molecule has 1 amide bonds. The number of hydrogen-bond acceptors (Lipinski definition) is 3. The number of amides is 1. The minimum atomic E-state index is -1.19. The van der Waals surface area contributed by atoms with E-state index in [2.05, 4.69) is 10.3 Å². The summed E-state index contributed by atoms with van der Waals surface area (Å²) in [6.45, 7) is 1.57. The summed E-state index contributed by atoms with van der Waals surface area (Å²) in [4.78, 5) is 27.5. The first-order chi connectivity index (χ1) is 10.0. The van der Waals surface area contributed by atoms with Gasteiger partial charge in [-0.05, 0) is 24.6 Å². The summed E-state index contributed by atoms with van der Waals surface area (Å²) >= 11 is 0. The summed E-state index contributed by atoms with van der Waals surface area (Å²) in [6.07, 6.45) is 1.52. The van der Waals surface area contributed by atoms with Crippen molar-refractivity contribution in [2.45, 2.75) is 12.3 Å². The predicted molar refractivity (Wildman–Crippen MR) is 78.0 cm³/mol. The summed E-state index contributed by atoms with van der Waals surface area (Å²) in [5.41, 5.74) is -0.289. The average molecular weight is 284 g/mol. The first-order valence-electron chi connectivity index (χ1n) is 6.52. The van der Waals surface area contributed by atoms with Gasteiger partial charge in [0.2, 0.25) is 0 Å². The molecule has 0 saturated carbocycles. The van der Waals surface area contributed by atoms with Gasteiger partial charge in [-0.15, -0.1) is 0 Å². The molecule has 0 bridgehead atoms. The van der Waals surface area contributed by atoms with Crippen LogP contribution in [0.2, 0.25) is 0 Å². The van der Waals surface area contributed by atoms with Crippen molar-refractivity contribution in [1.29, 1.82) is 0 Å². The Morgan fingerprint density at radius 3 is 2.38 bits per heavy atom. The van der Waals surface area contributed by atoms with Crippen LogP contribution in [-0.2, 0) is 10.2 Å². The maximum Gasteiger partial charge on any atom is 0.315 e. The van der Waals surface area contributed by atoms with Crippen molar-refractivity contribution < 1.29 is 14.7 Å². The zero-order valence-corrected chi connectivity index (χ0v) is 11.6. The Labute approximate surface area is 122 Å². The molecule has 108 valence electrons. The van der Waals surface area contributed by atoms with Gasteiger partial charge in [0.25, 0.3) is 5.91 Å². The lowest BCUT2D eigenvalue weighted by Crippen LogP contribution is -2.44. The fourth-order valence-electron chi connectivity index (χ4n) is 1.95. The van der Waals surface area contributed by atoms with Crippen molar-refractivity contribution in [3.63, 3.8) is 0 Å². The fraction of sp³-hybridized carbons (Fsp3) is 0.188. The van der Waals surface area contributed by atoms with Gasteiger partial charge in [-0.3, -0.25) is 14.6 Å². The number of aliphatic carboxylic acids is 1. The molecule has 1 heterocycles. The van der Waals surface area contributed by atoms with Crippen molar-refractivity contribution in [2.75, 3.05) is 6.54 Å². The summed E-state index contributed by atoms with van der Waals surface area (Å²) in [5.74, 6) is -1.38. The minimum absolute atomic E-state index is 0.0121. The summed E-state index contributed by atoms with van der Waals surface area (Å²) in [7, 11) is 0. The SMILES string of the molecule is CC(CNC(=O)c1ccccn1)(C(=O)O)c1ccccc1. The highest BCUT2D eigenvalue weighted by Crippen LogP contribution is 2.23. The number of carboxylic acid groups (broad SMARTS) is 1. The second-order valence-electron chi connectivity index (χ2n) is 4.90. The molecular weight excluding hydrogens is 268 g/mol. The summed E-state index contributed by atoms with van der Waals surface area (Å²) in [5, 5.41) is 12.1. The Kier molecular flexibility index (Phi) is 4.33. The van der Waals surface area contributed by atoms with Crippen molar-refractivity contribution in [2.24, 2.45) is 0 Å². The van der Waals surface area contributed by atoms with Gasteiger partial charge in [-0.25, -0.2) is 0 Å². The smallest absolute Gasteiger partial charge is 0.315 e. The van der Waals surface area contributed by atoms with Gasteiger partial charge in [0, 0.05) is 12.7 Å². The highest BCUT2D eigenvalue weighted by atomic mass is 16.4. The zero-order chi connectivity index (χ0) is 15.3. The molecule has 0 saturated heterocycles. The lowest BCUT2D eigenvalue weighted by Gasteiger charge is -2.25. The number of nitrogens with one attached hydrogen (secondary N) is 1. The Morgan fingerprint density at radius 2 is 1.81 bits per heavy atom. The van der Waals surface area contributed by atoms with Gasteiger partial charge < -0.3 is 10.4 Å². The third-order valence-electron chi connectivity index (χ3n) is 3.38. The molecule has 0 spiro atoms. The van der Waals surface area contributed by atoms with Crippen LogP contribution in [0, 0.1) is 0 Å². The molecule has 5 heteroatoms. The molecule has 5 nitrogen and oxygen atoms in total. The van der Waals surface area contributed by atoms with Crippen LogP contribution >= 0.6 is 0 Å². The quantitative estimate of drug-likeness (QED) is 0.878. The van der Waals surface area contributed by atoms with Crippen LogP contribution in [0.4, 0.5) is 0 Å². The lowest BCUT2D eigenvalue weighted by atomic mass is 9.82. The molecule has 21 heavy (non-hydrogen) atoms. The van der Waals surface area contributed by atoms with E-state index in [0.29, 0.717) is 5.56 Å². The highest BCUT2D eigenvalue weighted by Gasteiger charge is 2.35. The van der Waals surface area contributed by atoms with E-state index in [4.69, 9.17) is 0 Å². The molecule has 2 N–H and O–H groups in total. The number of nitrogens with zero attached hydrogens (tertiary/aromatic N) is 1. The molecule has 2 rings (SSSR count). The minimum Gasteiger partial charge on any atom is -0.481 e. The second-order valence-corrected chi connectivity index (χ2v) is 4.90. The Bertz CT molecular complexity index is 628. The number of carbonyl (C=O) groups is 2. The van der Waals surface area contributed by atoms with Gasteiger partial charge in [0.15, 0.2) is 0 Å². The molecule has 1 aromatic heterocycles. The number of rotatable bonds is 5. The van der Waals surface area contributed by atoms with Crippen molar-refractivity contribution in [3.05, 3.63) is 66.0 Å². The van der Waals surface area contributed by atoms with Crippen molar-refractivity contribution >= 4 is 11.9 Å². The average Bonchev–Trinajstić information content (AvgIpc) is 2.53. The first kappa shape index (κ1) is 14.7. The van der Waals surface area contributed by atoms with E-state index in [9.17, 15) is 14.7 Å². The third kappa shape index (κ3) is 3.25. The summed E-state index contributed by atoms with van der Waals surface area (Å²) in [6, 6.07) is 13.8. The molecule has 0 aliphatic rings. The Balaban J connectivity index is 2.15. The fourth-order valence-corrected chi connectivity index (χ4v) is 1.95. The topological polar surface area (TPSA) is 79.3 Å². The van der Waals surface area contributed by atoms with E-state index in [1.165, 1.54) is 6.20 Å². The Hall–Kier alpha value is -2.69. The molecule has 1 unspecified atom stereocenters. The molecule has 0 radical (unpaired) electrons. The van der Waals surface area contributed by atoms with Crippen LogP contribution in [0.25, 0.3) is 0 Å². The van der Waals surface area contributed by atoms with Gasteiger partial charge in [0.05, 0.1) is 0 Å². The molecule has 0 fully saturated rings. The van der Waals surface area contributed by atoms with E-state index >= 15 is 0 Å². The number of pyridine rings is 1.